The Morgan fingerprint density at radius 2 is 1.94 bits per heavy atom. The van der Waals surface area contributed by atoms with Gasteiger partial charge in [0.15, 0.2) is 0 Å². The summed E-state index contributed by atoms with van der Waals surface area (Å²) in [5, 5.41) is 11.3. The number of pyridine rings is 1. The van der Waals surface area contributed by atoms with Crippen LogP contribution in [0.2, 0.25) is 0 Å². The second-order valence-electron chi connectivity index (χ2n) is 8.46. The smallest absolute Gasteiger partial charge is 0.507 e. The highest BCUT2D eigenvalue weighted by Gasteiger charge is 2.47. The van der Waals surface area contributed by atoms with Gasteiger partial charge in [0, 0.05) is 36.1 Å². The molecule has 10 heteroatoms. The van der Waals surface area contributed by atoms with Gasteiger partial charge in [-0.3, -0.25) is 19.5 Å². The number of hydrogen-bond acceptors (Lipinski definition) is 6. The van der Waals surface area contributed by atoms with E-state index in [0.717, 1.165) is 22.6 Å². The highest BCUT2D eigenvalue weighted by molar-refractivity contribution is 6.51. The van der Waals surface area contributed by atoms with Crippen LogP contribution in [0.3, 0.4) is 0 Å². The van der Waals surface area contributed by atoms with Crippen LogP contribution in [0.5, 0.6) is 11.5 Å². The molecule has 2 unspecified atom stereocenters. The van der Waals surface area contributed by atoms with Crippen molar-refractivity contribution in [2.75, 3.05) is 4.90 Å². The number of rotatable bonds is 4. The molecule has 0 spiro atoms. The third-order valence-electron chi connectivity index (χ3n) is 5.94. The number of aliphatic hydroxyl groups is 1. The summed E-state index contributed by atoms with van der Waals surface area (Å²) in [5.41, 5.74) is 1.33. The molecule has 1 saturated heterocycles. The van der Waals surface area contributed by atoms with Crippen molar-refractivity contribution in [3.63, 3.8) is 0 Å². The van der Waals surface area contributed by atoms with Crippen LogP contribution in [0, 0.1) is 0 Å². The molecule has 36 heavy (non-hydrogen) atoms. The maximum Gasteiger partial charge on any atom is 0.573 e. The summed E-state index contributed by atoms with van der Waals surface area (Å²) < 4.78 is 48.1. The molecule has 0 saturated carbocycles. The van der Waals surface area contributed by atoms with Crippen LogP contribution in [-0.2, 0) is 16.0 Å². The van der Waals surface area contributed by atoms with Crippen molar-refractivity contribution in [2.24, 2.45) is 0 Å². The summed E-state index contributed by atoms with van der Waals surface area (Å²) in [7, 11) is 0. The Morgan fingerprint density at radius 3 is 2.67 bits per heavy atom. The van der Waals surface area contributed by atoms with E-state index in [-0.39, 0.29) is 17.4 Å². The molecule has 1 N–H and O–H groups in total. The van der Waals surface area contributed by atoms with E-state index in [1.54, 1.807) is 30.3 Å². The van der Waals surface area contributed by atoms with E-state index in [4.69, 9.17) is 4.74 Å². The Hall–Kier alpha value is -4.34. The van der Waals surface area contributed by atoms with Gasteiger partial charge in [-0.1, -0.05) is 12.1 Å². The van der Waals surface area contributed by atoms with Crippen LogP contribution in [0.4, 0.5) is 18.9 Å². The van der Waals surface area contributed by atoms with Crippen LogP contribution in [0.25, 0.3) is 5.76 Å². The van der Waals surface area contributed by atoms with Crippen LogP contribution in [0.15, 0.2) is 72.6 Å². The average Bonchev–Trinajstić information content (AvgIpc) is 3.33. The minimum atomic E-state index is -4.94. The van der Waals surface area contributed by atoms with Gasteiger partial charge >= 0.3 is 6.36 Å². The van der Waals surface area contributed by atoms with Gasteiger partial charge in [-0.2, -0.15) is 0 Å². The third kappa shape index (κ3) is 4.26. The number of alkyl halides is 3. The summed E-state index contributed by atoms with van der Waals surface area (Å²) in [6.45, 7) is 1.91. The molecular formula is C26H19F3N2O5. The van der Waals surface area contributed by atoms with Crippen LogP contribution in [-0.4, -0.2) is 34.2 Å². The molecule has 2 aromatic carbocycles. The number of halogens is 3. The second-order valence-corrected chi connectivity index (χ2v) is 8.46. The Morgan fingerprint density at radius 1 is 1.14 bits per heavy atom. The molecule has 7 nitrogen and oxygen atoms in total. The molecule has 0 bridgehead atoms. The molecule has 5 rings (SSSR count). The topological polar surface area (TPSA) is 89.0 Å². The fourth-order valence-corrected chi connectivity index (χ4v) is 4.51. The van der Waals surface area contributed by atoms with E-state index >= 15 is 0 Å². The summed E-state index contributed by atoms with van der Waals surface area (Å²) in [5.74, 6) is -2.28. The van der Waals surface area contributed by atoms with Gasteiger partial charge in [0.05, 0.1) is 11.6 Å². The minimum Gasteiger partial charge on any atom is -0.507 e. The minimum absolute atomic E-state index is 0.0112. The second kappa shape index (κ2) is 8.71. The SMILES string of the molecule is CC1Cc2cc(/C(O)=C3/C(=O)C(=O)N(c4cccc(OC(F)(F)F)c4)C3c3cccnc3)ccc2O1. The number of aliphatic hydroxyl groups excluding tert-OH is 1. The van der Waals surface area contributed by atoms with Crippen molar-refractivity contribution in [3.8, 4) is 11.5 Å². The maximum atomic E-state index is 13.2. The summed E-state index contributed by atoms with van der Waals surface area (Å²) in [4.78, 5) is 31.5. The molecule has 1 aromatic heterocycles. The monoisotopic (exact) mass is 496 g/mol. The molecule has 1 amide bonds. The van der Waals surface area contributed by atoms with Crippen molar-refractivity contribution >= 4 is 23.1 Å². The molecule has 1 fully saturated rings. The zero-order chi connectivity index (χ0) is 25.6. The Kier molecular flexibility index (Phi) is 5.66. The molecule has 184 valence electrons. The first kappa shape index (κ1) is 23.4. The lowest BCUT2D eigenvalue weighted by atomic mass is 9.95. The molecule has 2 aliphatic heterocycles. The summed E-state index contributed by atoms with van der Waals surface area (Å²) in [6.07, 6.45) is -1.45. The van der Waals surface area contributed by atoms with E-state index in [1.165, 1.54) is 24.5 Å². The van der Waals surface area contributed by atoms with E-state index in [2.05, 4.69) is 9.72 Å². The summed E-state index contributed by atoms with van der Waals surface area (Å²) in [6, 6.07) is 11.8. The largest absolute Gasteiger partial charge is 0.573 e. The van der Waals surface area contributed by atoms with E-state index in [1.807, 2.05) is 6.92 Å². The van der Waals surface area contributed by atoms with Crippen molar-refractivity contribution < 1.29 is 37.3 Å². The first-order valence-corrected chi connectivity index (χ1v) is 11.0. The standard InChI is InChI=1S/C26H19F3N2O5/c1-14-10-17-11-15(7-8-20(17)35-14)23(32)21-22(16-4-3-9-30-13-16)31(25(34)24(21)33)18-5-2-6-19(12-18)36-26(27,28)29/h2-9,11-14,22,32H,10H2,1H3/b23-21-. The quantitative estimate of drug-likeness (QED) is 0.313. The number of benzene rings is 2. The van der Waals surface area contributed by atoms with Crippen molar-refractivity contribution in [1.82, 2.24) is 4.98 Å². The fourth-order valence-electron chi connectivity index (χ4n) is 4.51. The van der Waals surface area contributed by atoms with Gasteiger partial charge in [-0.15, -0.1) is 13.2 Å². The number of anilines is 1. The maximum absolute atomic E-state index is 13.2. The number of aromatic nitrogens is 1. The van der Waals surface area contributed by atoms with Gasteiger partial charge in [0.25, 0.3) is 11.7 Å². The molecule has 3 aromatic rings. The predicted molar refractivity (Wildman–Crippen MR) is 122 cm³/mol. The normalized spacial score (nSPS) is 20.8. The fraction of sp³-hybridized carbons (Fsp3) is 0.192. The number of Topliss-reactive ketones (excluding diaryl/α,β-unsaturated/α-hetero) is 1. The zero-order valence-electron chi connectivity index (χ0n) is 18.8. The lowest BCUT2D eigenvalue weighted by molar-refractivity contribution is -0.274. The van der Waals surface area contributed by atoms with Crippen molar-refractivity contribution in [3.05, 3.63) is 89.3 Å². The average molecular weight is 496 g/mol. The summed E-state index contributed by atoms with van der Waals surface area (Å²) >= 11 is 0. The third-order valence-corrected chi connectivity index (χ3v) is 5.94. The molecule has 3 heterocycles. The van der Waals surface area contributed by atoms with Crippen LogP contribution < -0.4 is 14.4 Å². The van der Waals surface area contributed by atoms with Gasteiger partial charge in [-0.05, 0) is 54.4 Å². The Balaban J connectivity index is 1.64. The van der Waals surface area contributed by atoms with Gasteiger partial charge in [0.1, 0.15) is 23.4 Å². The van der Waals surface area contributed by atoms with Gasteiger partial charge in [0.2, 0.25) is 0 Å². The van der Waals surface area contributed by atoms with Gasteiger partial charge in [-0.25, -0.2) is 0 Å². The van der Waals surface area contributed by atoms with E-state index < -0.39 is 35.6 Å². The van der Waals surface area contributed by atoms with Crippen molar-refractivity contribution in [2.45, 2.75) is 31.9 Å². The lowest BCUT2D eigenvalue weighted by Crippen LogP contribution is -2.29. The van der Waals surface area contributed by atoms with Crippen molar-refractivity contribution in [1.29, 1.82) is 0 Å². The van der Waals surface area contributed by atoms with Crippen LogP contribution in [0.1, 0.15) is 29.7 Å². The van der Waals surface area contributed by atoms with E-state index in [0.29, 0.717) is 23.3 Å². The number of hydrogen-bond donors (Lipinski definition) is 1. The number of carbonyl (C=O) groups is 2. The highest BCUT2D eigenvalue weighted by Crippen LogP contribution is 2.43. The highest BCUT2D eigenvalue weighted by atomic mass is 19.4. The number of nitrogens with zero attached hydrogens (tertiary/aromatic N) is 2. The lowest BCUT2D eigenvalue weighted by Gasteiger charge is -2.25. The molecule has 2 aliphatic rings. The predicted octanol–water partition coefficient (Wildman–Crippen LogP) is 4.93. The first-order chi connectivity index (χ1) is 17.1. The van der Waals surface area contributed by atoms with Crippen LogP contribution >= 0.6 is 0 Å². The number of ether oxygens (including phenoxy) is 2. The Bertz CT molecular complexity index is 1390. The van der Waals surface area contributed by atoms with Gasteiger partial charge < -0.3 is 14.6 Å². The number of fused-ring (bicyclic) bond motifs is 1. The zero-order valence-corrected chi connectivity index (χ0v) is 18.8. The molecular weight excluding hydrogens is 477 g/mol. The molecule has 2 atom stereocenters. The van der Waals surface area contributed by atoms with E-state index in [9.17, 15) is 27.9 Å². The first-order valence-electron chi connectivity index (χ1n) is 11.0. The number of carbonyl (C=O) groups excluding carboxylic acids is 2. The Labute approximate surface area is 203 Å². The number of ketones is 1. The number of amides is 1. The molecule has 0 radical (unpaired) electrons. The molecule has 0 aliphatic carbocycles.